The van der Waals surface area contributed by atoms with Crippen molar-refractivity contribution in [3.63, 3.8) is 0 Å². The van der Waals surface area contributed by atoms with Crippen molar-refractivity contribution >= 4 is 17.2 Å². The molecule has 9 nitrogen and oxygen atoms in total. The number of benzene rings is 1. The number of aryl methyl sites for hydroxylation is 3. The van der Waals surface area contributed by atoms with E-state index in [9.17, 15) is 10.4 Å². The maximum atomic E-state index is 10.2. The highest BCUT2D eigenvalue weighted by Crippen LogP contribution is 2.32. The molecule has 0 fully saturated rings. The Kier molecular flexibility index (Phi) is 4.91. The number of phenolic OH excluding ortho intramolecular Hbond substituents is 1. The first kappa shape index (κ1) is 20.1. The minimum Gasteiger partial charge on any atom is -0.507 e. The number of aromatic hydroxyl groups is 1. The minimum atomic E-state index is -0.369. The molecule has 1 atom stereocenters. The van der Waals surface area contributed by atoms with Crippen LogP contribution in [0.15, 0.2) is 30.7 Å². The van der Waals surface area contributed by atoms with Crippen LogP contribution in [0.25, 0.3) is 16.8 Å². The van der Waals surface area contributed by atoms with Gasteiger partial charge >= 0.3 is 0 Å². The van der Waals surface area contributed by atoms with Crippen LogP contribution in [-0.2, 0) is 0 Å². The number of nitrogens with one attached hydrogen (secondary N) is 1. The molecule has 31 heavy (non-hydrogen) atoms. The number of phenols is 1. The summed E-state index contributed by atoms with van der Waals surface area (Å²) >= 11 is 0. The van der Waals surface area contributed by atoms with E-state index in [2.05, 4.69) is 20.4 Å². The molecule has 0 saturated carbocycles. The molecule has 4 rings (SSSR count). The lowest BCUT2D eigenvalue weighted by Gasteiger charge is -2.17. The van der Waals surface area contributed by atoms with Gasteiger partial charge in [0.15, 0.2) is 5.82 Å². The molecule has 0 aliphatic heterocycles. The summed E-state index contributed by atoms with van der Waals surface area (Å²) < 4.78 is 1.79. The first-order chi connectivity index (χ1) is 14.8. The lowest BCUT2D eigenvalue weighted by Crippen LogP contribution is -2.16. The number of aromatic nitrogens is 5. The van der Waals surface area contributed by atoms with Gasteiger partial charge in [0, 0.05) is 11.8 Å². The lowest BCUT2D eigenvalue weighted by molar-refractivity contribution is 0.467. The highest BCUT2D eigenvalue weighted by molar-refractivity contribution is 5.80. The monoisotopic (exact) mass is 414 g/mol. The Morgan fingerprint density at radius 1 is 1.16 bits per heavy atom. The fourth-order valence-electron chi connectivity index (χ4n) is 3.56. The van der Waals surface area contributed by atoms with Crippen LogP contribution in [0.5, 0.6) is 5.75 Å². The Labute approximate surface area is 179 Å². The molecule has 0 bridgehead atoms. The van der Waals surface area contributed by atoms with Crippen LogP contribution >= 0.6 is 0 Å². The first-order valence-corrected chi connectivity index (χ1v) is 9.73. The summed E-state index contributed by atoms with van der Waals surface area (Å²) in [6.07, 6.45) is 3.19. The molecule has 3 heterocycles. The van der Waals surface area contributed by atoms with Gasteiger partial charge in [-0.15, -0.1) is 0 Å². The van der Waals surface area contributed by atoms with Gasteiger partial charge in [-0.25, -0.2) is 19.5 Å². The molecule has 0 amide bonds. The second-order valence-corrected chi connectivity index (χ2v) is 7.53. The molecular weight excluding hydrogens is 392 g/mol. The summed E-state index contributed by atoms with van der Waals surface area (Å²) in [5, 5.41) is 27.4. The Hall–Kier alpha value is -4.19. The topological polar surface area (TPSA) is 138 Å². The standard InChI is InChI=1S/C22H22N8O/c1-11-5-6-30-18(11)17(15-7-12(2)19(31)13(3)8-15)28-21(29-30)14(4)27-22-16(9-23)20(24)25-10-26-22/h5-8,10,14,31H,1-4H3,(H3,24,25,26,27). The van der Waals surface area contributed by atoms with Crippen molar-refractivity contribution in [1.29, 1.82) is 5.26 Å². The third kappa shape index (κ3) is 3.48. The number of rotatable bonds is 4. The van der Waals surface area contributed by atoms with E-state index in [1.54, 1.807) is 4.52 Å². The fraction of sp³-hybridized carbons (Fsp3) is 0.227. The second kappa shape index (κ2) is 7.57. The zero-order chi connectivity index (χ0) is 22.3. The number of anilines is 2. The quantitative estimate of drug-likeness (QED) is 0.462. The predicted molar refractivity (Wildman–Crippen MR) is 117 cm³/mol. The molecule has 4 aromatic rings. The van der Waals surface area contributed by atoms with Crippen molar-refractivity contribution in [2.75, 3.05) is 11.1 Å². The van der Waals surface area contributed by atoms with Crippen molar-refractivity contribution in [2.24, 2.45) is 0 Å². The van der Waals surface area contributed by atoms with E-state index in [0.29, 0.717) is 11.6 Å². The van der Waals surface area contributed by atoms with Crippen LogP contribution in [0.1, 0.15) is 41.0 Å². The molecule has 9 heteroatoms. The minimum absolute atomic E-state index is 0.111. The van der Waals surface area contributed by atoms with E-state index in [1.165, 1.54) is 6.33 Å². The van der Waals surface area contributed by atoms with Crippen LogP contribution in [0.2, 0.25) is 0 Å². The van der Waals surface area contributed by atoms with Gasteiger partial charge in [0.25, 0.3) is 0 Å². The van der Waals surface area contributed by atoms with Crippen LogP contribution in [-0.4, -0.2) is 29.7 Å². The third-order valence-electron chi connectivity index (χ3n) is 5.22. The van der Waals surface area contributed by atoms with Gasteiger partial charge in [-0.3, -0.25) is 0 Å². The SMILES string of the molecule is Cc1cc(-c2nc(C(C)Nc3ncnc(N)c3C#N)nn3ccc(C)c23)cc(C)c1O. The summed E-state index contributed by atoms with van der Waals surface area (Å²) in [6.45, 7) is 7.62. The van der Waals surface area contributed by atoms with E-state index in [4.69, 9.17) is 10.7 Å². The lowest BCUT2D eigenvalue weighted by atomic mass is 10.0. The molecule has 156 valence electrons. The molecular formula is C22H22N8O. The molecule has 0 spiro atoms. The zero-order valence-electron chi connectivity index (χ0n) is 17.7. The molecule has 3 aromatic heterocycles. The summed E-state index contributed by atoms with van der Waals surface area (Å²) in [7, 11) is 0. The number of nitrogens with zero attached hydrogens (tertiary/aromatic N) is 6. The molecule has 0 saturated heterocycles. The highest BCUT2D eigenvalue weighted by Gasteiger charge is 2.19. The van der Waals surface area contributed by atoms with Gasteiger partial charge in [0.05, 0.1) is 17.3 Å². The van der Waals surface area contributed by atoms with Gasteiger partial charge in [-0.2, -0.15) is 10.4 Å². The first-order valence-electron chi connectivity index (χ1n) is 9.73. The van der Waals surface area contributed by atoms with Gasteiger partial charge < -0.3 is 16.2 Å². The van der Waals surface area contributed by atoms with E-state index in [1.807, 2.05) is 58.2 Å². The molecule has 1 aromatic carbocycles. The van der Waals surface area contributed by atoms with Crippen molar-refractivity contribution < 1.29 is 5.11 Å². The van der Waals surface area contributed by atoms with Crippen LogP contribution in [0.4, 0.5) is 11.6 Å². The van der Waals surface area contributed by atoms with Gasteiger partial charge in [0.1, 0.15) is 35.3 Å². The number of nitrogen functional groups attached to an aromatic ring is 1. The van der Waals surface area contributed by atoms with E-state index in [-0.39, 0.29) is 23.2 Å². The molecule has 4 N–H and O–H groups in total. The van der Waals surface area contributed by atoms with E-state index in [0.717, 1.165) is 33.5 Å². The predicted octanol–water partition coefficient (Wildman–Crippen LogP) is 3.44. The Bertz CT molecular complexity index is 1330. The van der Waals surface area contributed by atoms with Gasteiger partial charge in [-0.1, -0.05) is 0 Å². The van der Waals surface area contributed by atoms with Gasteiger partial charge in [-0.05, 0) is 62.6 Å². The number of fused-ring (bicyclic) bond motifs is 1. The fourth-order valence-corrected chi connectivity index (χ4v) is 3.56. The molecule has 0 radical (unpaired) electrons. The number of nitriles is 1. The summed E-state index contributed by atoms with van der Waals surface area (Å²) in [5.41, 5.74) is 11.1. The van der Waals surface area contributed by atoms with Crippen LogP contribution in [0, 0.1) is 32.1 Å². The number of nitrogens with two attached hydrogens (primary N) is 1. The van der Waals surface area contributed by atoms with Gasteiger partial charge in [0.2, 0.25) is 0 Å². The number of hydrogen-bond acceptors (Lipinski definition) is 8. The summed E-state index contributed by atoms with van der Waals surface area (Å²) in [6, 6.07) is 7.47. The summed E-state index contributed by atoms with van der Waals surface area (Å²) in [4.78, 5) is 12.9. The normalized spacial score (nSPS) is 12.0. The Morgan fingerprint density at radius 3 is 2.55 bits per heavy atom. The van der Waals surface area contributed by atoms with Crippen LogP contribution in [0.3, 0.4) is 0 Å². The maximum absolute atomic E-state index is 10.2. The van der Waals surface area contributed by atoms with E-state index >= 15 is 0 Å². The maximum Gasteiger partial charge on any atom is 0.171 e. The van der Waals surface area contributed by atoms with Crippen molar-refractivity contribution in [3.8, 4) is 23.1 Å². The Morgan fingerprint density at radius 2 is 1.87 bits per heavy atom. The van der Waals surface area contributed by atoms with Crippen LogP contribution < -0.4 is 11.1 Å². The van der Waals surface area contributed by atoms with E-state index < -0.39 is 0 Å². The average molecular weight is 414 g/mol. The highest BCUT2D eigenvalue weighted by atomic mass is 16.3. The second-order valence-electron chi connectivity index (χ2n) is 7.53. The molecule has 0 aliphatic carbocycles. The smallest absolute Gasteiger partial charge is 0.171 e. The molecule has 0 aliphatic rings. The zero-order valence-corrected chi connectivity index (χ0v) is 17.7. The average Bonchev–Trinajstić information content (AvgIpc) is 3.12. The van der Waals surface area contributed by atoms with Crippen molar-refractivity contribution in [1.82, 2.24) is 24.6 Å². The molecule has 1 unspecified atom stereocenters. The van der Waals surface area contributed by atoms with Crippen molar-refractivity contribution in [2.45, 2.75) is 33.7 Å². The van der Waals surface area contributed by atoms with Crippen molar-refractivity contribution in [3.05, 3.63) is 58.8 Å². The Balaban J connectivity index is 1.84. The number of hydrogen-bond donors (Lipinski definition) is 3. The summed E-state index contributed by atoms with van der Waals surface area (Å²) in [5.74, 6) is 1.23. The largest absolute Gasteiger partial charge is 0.507 e. The third-order valence-corrected chi connectivity index (χ3v) is 5.22.